The van der Waals surface area contributed by atoms with Crippen molar-refractivity contribution in [2.75, 3.05) is 0 Å². The van der Waals surface area contributed by atoms with Crippen LogP contribution in [-0.2, 0) is 0 Å². The molecule has 21 heavy (non-hydrogen) atoms. The van der Waals surface area contributed by atoms with E-state index in [1.807, 2.05) is 24.4 Å². The topological polar surface area (TPSA) is 89.7 Å². The average molecular weight is 281 g/mol. The number of pyridine rings is 1. The Morgan fingerprint density at radius 3 is 2.86 bits per heavy atom. The van der Waals surface area contributed by atoms with Gasteiger partial charge in [-0.1, -0.05) is 30.7 Å². The van der Waals surface area contributed by atoms with Gasteiger partial charge in [-0.05, 0) is 30.7 Å². The summed E-state index contributed by atoms with van der Waals surface area (Å²) in [5, 5.41) is 10.5. The first-order valence-corrected chi connectivity index (χ1v) is 7.24. The molecule has 1 fully saturated rings. The van der Waals surface area contributed by atoms with Crippen LogP contribution in [0, 0.1) is 0 Å². The number of aromatic nitrogens is 1. The van der Waals surface area contributed by atoms with Crippen molar-refractivity contribution < 1.29 is 0 Å². The molecule has 0 radical (unpaired) electrons. The Kier molecular flexibility index (Phi) is 3.81. The summed E-state index contributed by atoms with van der Waals surface area (Å²) >= 11 is 0. The summed E-state index contributed by atoms with van der Waals surface area (Å²) in [6.07, 6.45) is 6.13. The lowest BCUT2D eigenvalue weighted by molar-refractivity contribution is 0.604. The predicted molar refractivity (Wildman–Crippen MR) is 86.2 cm³/mol. The van der Waals surface area contributed by atoms with Gasteiger partial charge in [-0.25, -0.2) is 0 Å². The highest BCUT2D eigenvalue weighted by atomic mass is 15.3. The third-order valence-corrected chi connectivity index (χ3v) is 3.91. The third-order valence-electron chi connectivity index (χ3n) is 3.91. The molecule has 4 N–H and O–H groups in total. The molecule has 1 atom stereocenters. The number of hydrogen-bond acceptors (Lipinski definition) is 3. The van der Waals surface area contributed by atoms with E-state index in [1.165, 1.54) is 17.2 Å². The SMILES string of the molecule is NC(N)=NN=C1CCCCC1c1nccc2ccccc12. The zero-order valence-corrected chi connectivity index (χ0v) is 11.9. The van der Waals surface area contributed by atoms with Crippen LogP contribution in [0.4, 0.5) is 0 Å². The molecule has 0 amide bonds. The molecule has 1 aromatic heterocycles. The maximum Gasteiger partial charge on any atom is 0.211 e. The van der Waals surface area contributed by atoms with Gasteiger partial charge in [0, 0.05) is 23.2 Å². The molecule has 1 heterocycles. The van der Waals surface area contributed by atoms with Crippen molar-refractivity contribution in [2.24, 2.45) is 21.7 Å². The van der Waals surface area contributed by atoms with Gasteiger partial charge in [0.05, 0.1) is 5.69 Å². The van der Waals surface area contributed by atoms with Crippen LogP contribution in [0.3, 0.4) is 0 Å². The zero-order valence-electron chi connectivity index (χ0n) is 11.9. The largest absolute Gasteiger partial charge is 0.369 e. The third kappa shape index (κ3) is 2.86. The van der Waals surface area contributed by atoms with Gasteiger partial charge >= 0.3 is 0 Å². The minimum absolute atomic E-state index is 0.00213. The first-order valence-electron chi connectivity index (χ1n) is 7.24. The van der Waals surface area contributed by atoms with Crippen molar-refractivity contribution in [3.8, 4) is 0 Å². The van der Waals surface area contributed by atoms with Crippen LogP contribution in [0.5, 0.6) is 0 Å². The van der Waals surface area contributed by atoms with Gasteiger partial charge in [0.1, 0.15) is 0 Å². The lowest BCUT2D eigenvalue weighted by Gasteiger charge is -2.24. The maximum atomic E-state index is 5.39. The van der Waals surface area contributed by atoms with Crippen molar-refractivity contribution in [3.05, 3.63) is 42.2 Å². The van der Waals surface area contributed by atoms with E-state index in [0.717, 1.165) is 30.7 Å². The number of fused-ring (bicyclic) bond motifs is 1. The molecular weight excluding hydrogens is 262 g/mol. The number of benzene rings is 1. The van der Waals surface area contributed by atoms with Crippen molar-refractivity contribution in [3.63, 3.8) is 0 Å². The van der Waals surface area contributed by atoms with Gasteiger partial charge in [-0.15, -0.1) is 5.10 Å². The second kappa shape index (κ2) is 5.91. The van der Waals surface area contributed by atoms with Gasteiger partial charge in [-0.2, -0.15) is 5.10 Å². The van der Waals surface area contributed by atoms with E-state index in [2.05, 4.69) is 27.3 Å². The molecule has 0 spiro atoms. The molecule has 1 aromatic carbocycles. The number of guanidine groups is 1. The molecule has 5 nitrogen and oxygen atoms in total. The number of hydrogen-bond donors (Lipinski definition) is 2. The number of rotatable bonds is 2. The second-order valence-corrected chi connectivity index (χ2v) is 5.33. The molecule has 0 bridgehead atoms. The monoisotopic (exact) mass is 281 g/mol. The van der Waals surface area contributed by atoms with Crippen molar-refractivity contribution in [2.45, 2.75) is 31.6 Å². The quantitative estimate of drug-likeness (QED) is 0.503. The van der Waals surface area contributed by atoms with Gasteiger partial charge in [-0.3, -0.25) is 4.98 Å². The Bertz CT molecular complexity index is 695. The predicted octanol–water partition coefficient (Wildman–Crippen LogP) is 2.52. The van der Waals surface area contributed by atoms with E-state index >= 15 is 0 Å². The number of nitrogens with zero attached hydrogens (tertiary/aromatic N) is 3. The molecular formula is C16H19N5. The van der Waals surface area contributed by atoms with Crippen LogP contribution in [0.2, 0.25) is 0 Å². The minimum atomic E-state index is -0.00213. The van der Waals surface area contributed by atoms with Crippen molar-refractivity contribution in [1.82, 2.24) is 4.98 Å². The Hall–Kier alpha value is -2.43. The van der Waals surface area contributed by atoms with Crippen LogP contribution >= 0.6 is 0 Å². The Balaban J connectivity index is 2.06. The van der Waals surface area contributed by atoms with E-state index in [4.69, 9.17) is 11.5 Å². The Morgan fingerprint density at radius 1 is 1.14 bits per heavy atom. The molecule has 0 saturated heterocycles. The van der Waals surface area contributed by atoms with Crippen LogP contribution in [0.25, 0.3) is 10.8 Å². The highest BCUT2D eigenvalue weighted by Crippen LogP contribution is 2.33. The van der Waals surface area contributed by atoms with Gasteiger partial charge < -0.3 is 11.5 Å². The average Bonchev–Trinajstić information content (AvgIpc) is 2.53. The molecule has 3 rings (SSSR count). The van der Waals surface area contributed by atoms with Crippen LogP contribution in [-0.4, -0.2) is 16.7 Å². The molecule has 2 aromatic rings. The Morgan fingerprint density at radius 2 is 2.00 bits per heavy atom. The fraction of sp³-hybridized carbons (Fsp3) is 0.312. The van der Waals surface area contributed by atoms with Crippen LogP contribution < -0.4 is 11.5 Å². The van der Waals surface area contributed by atoms with Gasteiger partial charge in [0.2, 0.25) is 5.96 Å². The van der Waals surface area contributed by atoms with Crippen molar-refractivity contribution in [1.29, 1.82) is 0 Å². The molecule has 1 saturated carbocycles. The smallest absolute Gasteiger partial charge is 0.211 e. The minimum Gasteiger partial charge on any atom is -0.369 e. The Labute approximate surface area is 123 Å². The summed E-state index contributed by atoms with van der Waals surface area (Å²) in [5.74, 6) is 0.200. The van der Waals surface area contributed by atoms with E-state index in [1.54, 1.807) is 0 Å². The summed E-state index contributed by atoms with van der Waals surface area (Å²) in [4.78, 5) is 4.62. The van der Waals surface area contributed by atoms with Gasteiger partial charge in [0.15, 0.2) is 0 Å². The molecule has 1 unspecified atom stereocenters. The molecule has 108 valence electrons. The summed E-state index contributed by atoms with van der Waals surface area (Å²) in [6.45, 7) is 0. The maximum absolute atomic E-state index is 5.39. The van der Waals surface area contributed by atoms with Crippen molar-refractivity contribution >= 4 is 22.4 Å². The standard InChI is InChI=1S/C16H19N5/c17-16(18)21-20-14-8-4-3-7-13(14)15-12-6-2-1-5-11(12)9-10-19-15/h1-2,5-6,9-10,13H,3-4,7-8H2,(H4,17,18,21). The lowest BCUT2D eigenvalue weighted by Crippen LogP contribution is -2.23. The highest BCUT2D eigenvalue weighted by molar-refractivity contribution is 5.96. The molecule has 1 aliphatic rings. The molecule has 0 aliphatic heterocycles. The summed E-state index contributed by atoms with van der Waals surface area (Å²) in [6, 6.07) is 10.3. The first kappa shape index (κ1) is 13.5. The second-order valence-electron chi connectivity index (χ2n) is 5.33. The van der Waals surface area contributed by atoms with Crippen LogP contribution in [0.15, 0.2) is 46.7 Å². The van der Waals surface area contributed by atoms with E-state index in [-0.39, 0.29) is 11.9 Å². The molecule has 5 heteroatoms. The first-order chi connectivity index (χ1) is 10.3. The normalized spacial score (nSPS) is 20.6. The number of nitrogens with two attached hydrogens (primary N) is 2. The van der Waals surface area contributed by atoms with Crippen LogP contribution in [0.1, 0.15) is 37.3 Å². The van der Waals surface area contributed by atoms with Gasteiger partial charge in [0.25, 0.3) is 0 Å². The highest BCUT2D eigenvalue weighted by Gasteiger charge is 2.25. The summed E-state index contributed by atoms with van der Waals surface area (Å²) in [7, 11) is 0. The van der Waals surface area contributed by atoms with E-state index in [0.29, 0.717) is 0 Å². The zero-order chi connectivity index (χ0) is 14.7. The molecule has 1 aliphatic carbocycles. The summed E-state index contributed by atoms with van der Waals surface area (Å²) in [5.41, 5.74) is 12.9. The fourth-order valence-electron chi connectivity index (χ4n) is 2.95. The lowest BCUT2D eigenvalue weighted by atomic mass is 9.83. The summed E-state index contributed by atoms with van der Waals surface area (Å²) < 4.78 is 0. The van der Waals surface area contributed by atoms with E-state index < -0.39 is 0 Å². The van der Waals surface area contributed by atoms with E-state index in [9.17, 15) is 0 Å². The fourth-order valence-corrected chi connectivity index (χ4v) is 2.95.